The molecule has 4 rings (SSSR count). The monoisotopic (exact) mass is 560 g/mol. The van der Waals surface area contributed by atoms with Crippen LogP contribution in [0.2, 0.25) is 0 Å². The molecule has 0 bridgehead atoms. The number of likely N-dealkylation sites (tertiary alicyclic amines) is 1. The lowest BCUT2D eigenvalue weighted by molar-refractivity contribution is -0.176. The average Bonchev–Trinajstić information content (AvgIpc) is 3.18. The molecule has 3 amide bonds. The Hall–Kier alpha value is -3.95. The molecular formula is C27H31F3N6O4. The molecule has 0 aromatic carbocycles. The van der Waals surface area contributed by atoms with Gasteiger partial charge in [-0.3, -0.25) is 24.2 Å². The van der Waals surface area contributed by atoms with Crippen LogP contribution in [0.15, 0.2) is 29.3 Å². The number of rotatable bonds is 6. The number of carbonyl (C=O) groups excluding carboxylic acids is 3. The Kier molecular flexibility index (Phi) is 7.19. The number of hydrogen-bond acceptors (Lipinski definition) is 6. The quantitative estimate of drug-likeness (QED) is 0.493. The molecule has 1 saturated carbocycles. The van der Waals surface area contributed by atoms with Crippen LogP contribution in [-0.2, 0) is 20.8 Å². The van der Waals surface area contributed by atoms with Crippen molar-refractivity contribution in [1.82, 2.24) is 25.5 Å². The first-order valence-corrected chi connectivity index (χ1v) is 12.8. The fourth-order valence-electron chi connectivity index (χ4n) is 5.69. The van der Waals surface area contributed by atoms with Gasteiger partial charge < -0.3 is 20.5 Å². The van der Waals surface area contributed by atoms with E-state index >= 15 is 0 Å². The van der Waals surface area contributed by atoms with E-state index < -0.39 is 53.0 Å². The second-order valence-corrected chi connectivity index (χ2v) is 12.1. The topological polar surface area (TPSA) is 148 Å². The van der Waals surface area contributed by atoms with Crippen molar-refractivity contribution < 1.29 is 27.6 Å². The summed E-state index contributed by atoms with van der Waals surface area (Å²) in [5.74, 6) is -4.06. The lowest BCUT2D eigenvalue weighted by Crippen LogP contribution is -2.61. The van der Waals surface area contributed by atoms with Gasteiger partial charge in [-0.2, -0.15) is 18.4 Å². The van der Waals surface area contributed by atoms with Gasteiger partial charge >= 0.3 is 12.1 Å². The molecule has 0 unspecified atom stereocenters. The number of piperidine rings is 1. The Labute approximate surface area is 228 Å². The van der Waals surface area contributed by atoms with Gasteiger partial charge in [0, 0.05) is 36.3 Å². The summed E-state index contributed by atoms with van der Waals surface area (Å²) in [6, 6.07) is 1.46. The zero-order chi connectivity index (χ0) is 29.8. The van der Waals surface area contributed by atoms with Gasteiger partial charge in [0.25, 0.3) is 5.56 Å². The number of aromatic nitrogens is 2. The Morgan fingerprint density at radius 2 is 1.93 bits per heavy atom. The van der Waals surface area contributed by atoms with Crippen LogP contribution in [0.1, 0.15) is 40.2 Å². The molecule has 2 fully saturated rings. The second kappa shape index (κ2) is 9.91. The third kappa shape index (κ3) is 5.39. The van der Waals surface area contributed by atoms with E-state index in [-0.39, 0.29) is 35.8 Å². The molecule has 40 heavy (non-hydrogen) atoms. The smallest absolute Gasteiger partial charge is 0.338 e. The van der Waals surface area contributed by atoms with E-state index in [4.69, 9.17) is 0 Å². The highest BCUT2D eigenvalue weighted by atomic mass is 19.4. The van der Waals surface area contributed by atoms with Gasteiger partial charge in [0.1, 0.15) is 18.1 Å². The largest absolute Gasteiger partial charge is 0.471 e. The SMILES string of the molecule is CC(C)(C)[C@H](NC(=O)C(F)(F)F)C(=O)N1C[C@H]2[C@@H]([C@H]1C(=O)N[C@H](C#N)Cc1cc3cnccc3[nH]c1=O)C2(C)C. The molecule has 13 heteroatoms. The van der Waals surface area contributed by atoms with Gasteiger partial charge in [0.2, 0.25) is 11.8 Å². The van der Waals surface area contributed by atoms with E-state index in [1.165, 1.54) is 31.9 Å². The molecule has 1 aliphatic heterocycles. The van der Waals surface area contributed by atoms with E-state index in [0.29, 0.717) is 10.9 Å². The predicted molar refractivity (Wildman–Crippen MR) is 137 cm³/mol. The Bertz CT molecular complexity index is 1460. The molecule has 2 aromatic rings. The molecule has 3 heterocycles. The van der Waals surface area contributed by atoms with Crippen LogP contribution in [0.3, 0.4) is 0 Å². The number of nitrogens with zero attached hydrogens (tertiary/aromatic N) is 3. The fourth-order valence-corrected chi connectivity index (χ4v) is 5.69. The molecule has 0 spiro atoms. The summed E-state index contributed by atoms with van der Waals surface area (Å²) in [6.45, 7) is 8.54. The average molecular weight is 561 g/mol. The predicted octanol–water partition coefficient (Wildman–Crippen LogP) is 2.05. The van der Waals surface area contributed by atoms with Crippen molar-refractivity contribution in [2.75, 3.05) is 6.54 Å². The Balaban J connectivity index is 1.57. The third-order valence-corrected chi connectivity index (χ3v) is 8.02. The number of halogens is 3. The molecule has 10 nitrogen and oxygen atoms in total. The summed E-state index contributed by atoms with van der Waals surface area (Å²) >= 11 is 0. The van der Waals surface area contributed by atoms with E-state index in [1.807, 2.05) is 19.9 Å². The number of hydrogen-bond donors (Lipinski definition) is 3. The van der Waals surface area contributed by atoms with Crippen LogP contribution >= 0.6 is 0 Å². The van der Waals surface area contributed by atoms with Crippen molar-refractivity contribution in [3.05, 3.63) is 40.4 Å². The van der Waals surface area contributed by atoms with Crippen LogP contribution in [0, 0.1) is 34.0 Å². The van der Waals surface area contributed by atoms with Gasteiger partial charge in [-0.15, -0.1) is 0 Å². The number of nitrogens with one attached hydrogen (secondary N) is 3. The van der Waals surface area contributed by atoms with Crippen LogP contribution in [0.5, 0.6) is 0 Å². The molecule has 1 saturated heterocycles. The van der Waals surface area contributed by atoms with Gasteiger partial charge in [-0.05, 0) is 34.8 Å². The molecule has 2 aromatic heterocycles. The maximum absolute atomic E-state index is 13.6. The van der Waals surface area contributed by atoms with Gasteiger partial charge in [-0.25, -0.2) is 0 Å². The highest BCUT2D eigenvalue weighted by molar-refractivity contribution is 5.95. The second-order valence-electron chi connectivity index (χ2n) is 12.1. The molecule has 5 atom stereocenters. The maximum Gasteiger partial charge on any atom is 0.471 e. The molecule has 0 radical (unpaired) electrons. The summed E-state index contributed by atoms with van der Waals surface area (Å²) in [4.78, 5) is 59.4. The number of nitriles is 1. The molecule has 3 N–H and O–H groups in total. The number of fused-ring (bicyclic) bond motifs is 2. The zero-order valence-electron chi connectivity index (χ0n) is 22.7. The minimum absolute atomic E-state index is 0.0810. The molecular weight excluding hydrogens is 529 g/mol. The highest BCUT2D eigenvalue weighted by Crippen LogP contribution is 2.65. The van der Waals surface area contributed by atoms with Crippen LogP contribution in [-0.4, -0.2) is 63.4 Å². The van der Waals surface area contributed by atoms with Crippen molar-refractivity contribution in [3.63, 3.8) is 0 Å². The number of amides is 3. The van der Waals surface area contributed by atoms with Gasteiger partial charge in [0.05, 0.1) is 11.6 Å². The molecule has 214 valence electrons. The summed E-state index contributed by atoms with van der Waals surface area (Å²) in [5, 5.41) is 14.9. The van der Waals surface area contributed by atoms with E-state index in [0.717, 1.165) is 0 Å². The maximum atomic E-state index is 13.6. The lowest BCUT2D eigenvalue weighted by atomic mass is 9.85. The van der Waals surface area contributed by atoms with Crippen LogP contribution < -0.4 is 16.2 Å². The van der Waals surface area contributed by atoms with Crippen molar-refractivity contribution >= 4 is 28.6 Å². The lowest BCUT2D eigenvalue weighted by Gasteiger charge is -2.37. The summed E-state index contributed by atoms with van der Waals surface area (Å²) < 4.78 is 39.1. The van der Waals surface area contributed by atoms with Gasteiger partial charge in [-0.1, -0.05) is 34.6 Å². The first kappa shape index (κ1) is 29.0. The molecule has 2 aliphatic rings. The van der Waals surface area contributed by atoms with Crippen molar-refractivity contribution in [3.8, 4) is 6.07 Å². The summed E-state index contributed by atoms with van der Waals surface area (Å²) in [6.07, 6.45) is -2.23. The minimum Gasteiger partial charge on any atom is -0.338 e. The third-order valence-electron chi connectivity index (χ3n) is 8.02. The first-order valence-electron chi connectivity index (χ1n) is 12.8. The van der Waals surface area contributed by atoms with Gasteiger partial charge in [0.15, 0.2) is 0 Å². The van der Waals surface area contributed by atoms with Crippen molar-refractivity contribution in [2.45, 2.75) is 65.3 Å². The fraction of sp³-hybridized carbons (Fsp3) is 0.556. The van der Waals surface area contributed by atoms with E-state index in [9.17, 15) is 37.6 Å². The van der Waals surface area contributed by atoms with E-state index in [2.05, 4.69) is 15.3 Å². The van der Waals surface area contributed by atoms with E-state index in [1.54, 1.807) is 23.6 Å². The number of carbonyl (C=O) groups is 3. The molecule has 1 aliphatic carbocycles. The van der Waals surface area contributed by atoms with Crippen molar-refractivity contribution in [1.29, 1.82) is 5.26 Å². The standard InChI is InChI=1S/C27H31F3N6O4/c1-25(2,3)20(35-24(40)27(28,29)30)23(39)36-12-16-18(26(16,4)5)19(36)22(38)33-15(10-31)9-13-8-14-11-32-7-6-17(14)34-21(13)37/h6-8,11,15-16,18-20H,9,12H2,1-5H3,(H,33,38)(H,34,37)(H,35,40)/t15-,16-,18-,19-,20+/m0/s1. The number of alkyl halides is 3. The Morgan fingerprint density at radius 1 is 1.25 bits per heavy atom. The number of aromatic amines is 1. The zero-order valence-corrected chi connectivity index (χ0v) is 22.7. The van der Waals surface area contributed by atoms with Crippen LogP contribution in [0.25, 0.3) is 10.9 Å². The first-order chi connectivity index (χ1) is 18.5. The summed E-state index contributed by atoms with van der Waals surface area (Å²) in [7, 11) is 0. The normalized spacial score (nSPS) is 23.1. The number of H-pyrrole nitrogens is 1. The van der Waals surface area contributed by atoms with Crippen molar-refractivity contribution in [2.24, 2.45) is 22.7 Å². The minimum atomic E-state index is -5.19. The number of pyridine rings is 2. The summed E-state index contributed by atoms with van der Waals surface area (Å²) in [5.41, 5.74) is -1.02. The van der Waals surface area contributed by atoms with Crippen LogP contribution in [0.4, 0.5) is 13.2 Å². The highest BCUT2D eigenvalue weighted by Gasteiger charge is 2.70. The Morgan fingerprint density at radius 3 is 2.52 bits per heavy atom.